The first-order valence-corrected chi connectivity index (χ1v) is 8.43. The van der Waals surface area contributed by atoms with E-state index in [2.05, 4.69) is 26.1 Å². The highest BCUT2D eigenvalue weighted by Gasteiger charge is 2.49. The molecule has 4 nitrogen and oxygen atoms in total. The zero-order valence-corrected chi connectivity index (χ0v) is 14.5. The minimum Gasteiger partial charge on any atom is -0.444 e. The Balaban J connectivity index is 1.91. The molecule has 1 amide bonds. The van der Waals surface area contributed by atoms with Gasteiger partial charge in [0.1, 0.15) is 5.60 Å². The van der Waals surface area contributed by atoms with Crippen LogP contribution < -0.4 is 5.32 Å². The van der Waals surface area contributed by atoms with Gasteiger partial charge in [-0.05, 0) is 58.8 Å². The summed E-state index contributed by atoms with van der Waals surface area (Å²) in [5, 5.41) is 3.64. The van der Waals surface area contributed by atoms with Gasteiger partial charge < -0.3 is 15.0 Å². The number of amides is 1. The van der Waals surface area contributed by atoms with E-state index in [-0.39, 0.29) is 6.09 Å². The Hall–Kier alpha value is -0.770. The van der Waals surface area contributed by atoms with E-state index < -0.39 is 5.60 Å². The van der Waals surface area contributed by atoms with Crippen molar-refractivity contribution in [1.29, 1.82) is 0 Å². The molecule has 0 aromatic heterocycles. The smallest absolute Gasteiger partial charge is 0.410 e. The van der Waals surface area contributed by atoms with Gasteiger partial charge in [-0.3, -0.25) is 0 Å². The van der Waals surface area contributed by atoms with Crippen molar-refractivity contribution in [2.75, 3.05) is 6.54 Å². The highest BCUT2D eigenvalue weighted by atomic mass is 16.6. The second-order valence-electron chi connectivity index (χ2n) is 8.12. The molecule has 2 aliphatic rings. The van der Waals surface area contributed by atoms with E-state index >= 15 is 0 Å². The molecule has 2 fully saturated rings. The highest BCUT2D eigenvalue weighted by Crippen LogP contribution is 2.42. The molecular formula is C17H32N2O2. The first-order valence-electron chi connectivity index (χ1n) is 8.43. The highest BCUT2D eigenvalue weighted by molar-refractivity contribution is 5.70. The van der Waals surface area contributed by atoms with Crippen molar-refractivity contribution in [2.24, 2.45) is 11.8 Å². The molecule has 4 heteroatoms. The van der Waals surface area contributed by atoms with Crippen LogP contribution in [-0.2, 0) is 4.74 Å². The maximum Gasteiger partial charge on any atom is 0.410 e. The van der Waals surface area contributed by atoms with Crippen LogP contribution in [0.5, 0.6) is 0 Å². The summed E-state index contributed by atoms with van der Waals surface area (Å²) in [6, 6.07) is 1.29. The number of hydrogen-bond donors (Lipinski definition) is 1. The maximum atomic E-state index is 12.4. The number of ether oxygens (including phenoxy) is 1. The fourth-order valence-electron chi connectivity index (χ4n) is 3.50. The predicted molar refractivity (Wildman–Crippen MR) is 85.3 cm³/mol. The molecule has 21 heavy (non-hydrogen) atoms. The third kappa shape index (κ3) is 3.91. The third-order valence-electron chi connectivity index (χ3n) is 4.97. The Morgan fingerprint density at radius 3 is 2.52 bits per heavy atom. The summed E-state index contributed by atoms with van der Waals surface area (Å²) in [5.74, 6) is 1.23. The van der Waals surface area contributed by atoms with Crippen LogP contribution in [0, 0.1) is 11.8 Å². The second kappa shape index (κ2) is 6.15. The number of carbonyl (C=O) groups excluding carboxylic acids is 1. The van der Waals surface area contributed by atoms with Gasteiger partial charge in [-0.15, -0.1) is 0 Å². The average molecular weight is 296 g/mol. The van der Waals surface area contributed by atoms with Gasteiger partial charge in [-0.1, -0.05) is 13.8 Å². The van der Waals surface area contributed by atoms with Crippen molar-refractivity contribution < 1.29 is 9.53 Å². The molecule has 0 aromatic carbocycles. The fraction of sp³-hybridized carbons (Fsp3) is 0.941. The van der Waals surface area contributed by atoms with E-state index in [1.54, 1.807) is 0 Å². The Labute approximate surface area is 129 Å². The van der Waals surface area contributed by atoms with Gasteiger partial charge in [0.25, 0.3) is 0 Å². The summed E-state index contributed by atoms with van der Waals surface area (Å²) in [7, 11) is 0. The van der Waals surface area contributed by atoms with Crippen LogP contribution in [0.25, 0.3) is 0 Å². The van der Waals surface area contributed by atoms with E-state index in [1.807, 2.05) is 25.7 Å². The molecule has 2 heterocycles. The van der Waals surface area contributed by atoms with E-state index in [4.69, 9.17) is 4.74 Å². The van der Waals surface area contributed by atoms with Gasteiger partial charge in [-0.25, -0.2) is 4.79 Å². The van der Waals surface area contributed by atoms with Crippen LogP contribution in [0.4, 0.5) is 4.79 Å². The van der Waals surface area contributed by atoms with E-state index in [0.29, 0.717) is 30.0 Å². The zero-order valence-electron chi connectivity index (χ0n) is 14.5. The molecule has 2 rings (SSSR count). The number of hydrogen-bond acceptors (Lipinski definition) is 3. The molecule has 2 aliphatic heterocycles. The molecule has 2 bridgehead atoms. The normalized spacial score (nSPS) is 30.0. The molecule has 4 unspecified atom stereocenters. The topological polar surface area (TPSA) is 41.6 Å². The van der Waals surface area contributed by atoms with Crippen LogP contribution in [0.1, 0.15) is 60.8 Å². The summed E-state index contributed by atoms with van der Waals surface area (Å²) >= 11 is 0. The van der Waals surface area contributed by atoms with Crippen LogP contribution in [0.15, 0.2) is 0 Å². The van der Waals surface area contributed by atoms with Crippen LogP contribution in [0.2, 0.25) is 0 Å². The van der Waals surface area contributed by atoms with Crippen molar-refractivity contribution in [3.63, 3.8) is 0 Å². The van der Waals surface area contributed by atoms with Crippen molar-refractivity contribution in [3.05, 3.63) is 0 Å². The Morgan fingerprint density at radius 1 is 1.29 bits per heavy atom. The summed E-state index contributed by atoms with van der Waals surface area (Å²) in [5.41, 5.74) is -0.404. The third-order valence-corrected chi connectivity index (χ3v) is 4.97. The lowest BCUT2D eigenvalue weighted by Crippen LogP contribution is -2.42. The largest absolute Gasteiger partial charge is 0.444 e. The van der Waals surface area contributed by atoms with Gasteiger partial charge in [0.05, 0.1) is 0 Å². The SMILES string of the molecule is CC(C)C(C)NCC1CC2CCC1N2C(=O)OC(C)(C)C. The Bertz CT molecular complexity index is 375. The lowest BCUT2D eigenvalue weighted by atomic mass is 9.89. The van der Waals surface area contributed by atoms with Gasteiger partial charge in [0.15, 0.2) is 0 Å². The first kappa shape index (κ1) is 16.6. The first-order chi connectivity index (χ1) is 9.69. The van der Waals surface area contributed by atoms with Crippen LogP contribution >= 0.6 is 0 Å². The molecule has 4 atom stereocenters. The van der Waals surface area contributed by atoms with Gasteiger partial charge in [0.2, 0.25) is 0 Å². The average Bonchev–Trinajstić information content (AvgIpc) is 2.90. The number of rotatable bonds is 4. The number of nitrogens with zero attached hydrogens (tertiary/aromatic N) is 1. The molecule has 0 saturated carbocycles. The second-order valence-corrected chi connectivity index (χ2v) is 8.12. The number of carbonyl (C=O) groups is 1. The van der Waals surface area contributed by atoms with Crippen LogP contribution in [0.3, 0.4) is 0 Å². The molecule has 0 aliphatic carbocycles. The van der Waals surface area contributed by atoms with Crippen molar-refractivity contribution in [1.82, 2.24) is 10.2 Å². The molecule has 122 valence electrons. The van der Waals surface area contributed by atoms with E-state index in [9.17, 15) is 4.79 Å². The summed E-state index contributed by atoms with van der Waals surface area (Å²) in [6.07, 6.45) is 3.28. The summed E-state index contributed by atoms with van der Waals surface area (Å²) < 4.78 is 5.58. The molecule has 1 N–H and O–H groups in total. The molecule has 0 radical (unpaired) electrons. The molecule has 2 saturated heterocycles. The van der Waals surface area contributed by atoms with Crippen molar-refractivity contribution >= 4 is 6.09 Å². The standard InChI is InChI=1S/C17H32N2O2/c1-11(2)12(3)18-10-13-9-14-7-8-15(13)19(14)16(20)21-17(4,5)6/h11-15,18H,7-10H2,1-6H3. The van der Waals surface area contributed by atoms with Gasteiger partial charge in [0, 0.05) is 24.7 Å². The lowest BCUT2D eigenvalue weighted by Gasteiger charge is -2.29. The Morgan fingerprint density at radius 2 is 1.95 bits per heavy atom. The van der Waals surface area contributed by atoms with Crippen LogP contribution in [-0.4, -0.2) is 41.3 Å². The summed E-state index contributed by atoms with van der Waals surface area (Å²) in [6.45, 7) is 13.5. The van der Waals surface area contributed by atoms with E-state index in [1.165, 1.54) is 0 Å². The molecule has 0 aromatic rings. The van der Waals surface area contributed by atoms with Gasteiger partial charge in [-0.2, -0.15) is 0 Å². The minimum atomic E-state index is -0.404. The predicted octanol–water partition coefficient (Wildman–Crippen LogP) is 3.41. The molecular weight excluding hydrogens is 264 g/mol. The number of nitrogens with one attached hydrogen (secondary N) is 1. The van der Waals surface area contributed by atoms with Crippen molar-refractivity contribution in [3.8, 4) is 0 Å². The Kier molecular flexibility index (Phi) is 4.86. The van der Waals surface area contributed by atoms with E-state index in [0.717, 1.165) is 25.8 Å². The fourth-order valence-corrected chi connectivity index (χ4v) is 3.50. The monoisotopic (exact) mass is 296 g/mol. The maximum absolute atomic E-state index is 12.4. The number of fused-ring (bicyclic) bond motifs is 2. The van der Waals surface area contributed by atoms with Gasteiger partial charge >= 0.3 is 6.09 Å². The summed E-state index contributed by atoms with van der Waals surface area (Å²) in [4.78, 5) is 14.4. The zero-order chi connectivity index (χ0) is 15.8. The lowest BCUT2D eigenvalue weighted by molar-refractivity contribution is 0.0205. The quantitative estimate of drug-likeness (QED) is 0.864. The molecule has 0 spiro atoms. The minimum absolute atomic E-state index is 0.116. The van der Waals surface area contributed by atoms with Crippen molar-refractivity contribution in [2.45, 2.75) is 84.5 Å².